The van der Waals surface area contributed by atoms with E-state index in [1.807, 2.05) is 6.92 Å². The molecule has 0 saturated heterocycles. The molecule has 5 N–H and O–H groups in total. The molecule has 1 aromatic rings. The average molecular weight is 607 g/mol. The van der Waals surface area contributed by atoms with E-state index < -0.39 is 10.1 Å². The van der Waals surface area contributed by atoms with E-state index >= 15 is 0 Å². The molecule has 1 rings (SSSR count). The third-order valence-corrected chi connectivity index (χ3v) is 8.44. The summed E-state index contributed by atoms with van der Waals surface area (Å²) in [6.45, 7) is 2.01. The monoisotopic (exact) mass is 610 g/mol. The molecule has 0 fully saturated rings. The molecule has 0 heterocycles. The summed E-state index contributed by atoms with van der Waals surface area (Å²) in [6, 6.07) is 3.17. The van der Waals surface area contributed by atoms with Crippen LogP contribution in [0.2, 0.25) is 0 Å². The van der Waals surface area contributed by atoms with Crippen LogP contribution >= 0.6 is 0 Å². The zero-order chi connectivity index (χ0) is 10.2. The molecule has 5 nitrogen and oxygen atoms in total. The van der Waals surface area contributed by atoms with Crippen molar-refractivity contribution < 1.29 is 76.2 Å². The molecule has 0 aromatic heterocycles. The van der Waals surface area contributed by atoms with Gasteiger partial charge in [-0.3, -0.25) is 0 Å². The summed E-state index contributed by atoms with van der Waals surface area (Å²) in [7, 11) is -4.00. The molecular formula is C7H10Hg2O5S. The quantitative estimate of drug-likeness (QED) is 0.292. The number of hydrogen-bond donors (Lipinski definition) is 1. The second-order valence-electron chi connectivity index (χ2n) is 2.84. The van der Waals surface area contributed by atoms with Gasteiger partial charge in [-0.25, -0.2) is 0 Å². The minimum Gasteiger partial charge on any atom is -0.412 e. The van der Waals surface area contributed by atoms with E-state index in [4.69, 9.17) is 4.55 Å². The largest absolute Gasteiger partial charge is 0.412 e. The van der Waals surface area contributed by atoms with Crippen molar-refractivity contribution in [1.29, 1.82) is 0 Å². The average Bonchev–Trinajstić information content (AvgIpc) is 1.97. The molecule has 0 amide bonds. The Balaban J connectivity index is 0. The maximum atomic E-state index is 10.8. The fraction of sp³-hybridized carbons (Fsp3) is 0.143. The van der Waals surface area contributed by atoms with Crippen molar-refractivity contribution in [2.45, 2.75) is 11.8 Å². The molecule has 0 atom stereocenters. The summed E-state index contributed by atoms with van der Waals surface area (Å²) < 4.78 is 32.8. The van der Waals surface area contributed by atoms with Crippen LogP contribution in [0.1, 0.15) is 5.56 Å². The van der Waals surface area contributed by atoms with Gasteiger partial charge in [0, 0.05) is 0 Å². The Kier molecular flexibility index (Phi) is 8.05. The van der Waals surface area contributed by atoms with Crippen molar-refractivity contribution in [2.75, 3.05) is 0 Å². The molecule has 1 aromatic carbocycles. The Morgan fingerprint density at radius 2 is 1.47 bits per heavy atom. The first-order valence-electron chi connectivity index (χ1n) is 3.58. The van der Waals surface area contributed by atoms with Crippen molar-refractivity contribution in [3.05, 3.63) is 17.7 Å². The van der Waals surface area contributed by atoms with Gasteiger partial charge >= 0.3 is 111 Å². The van der Waals surface area contributed by atoms with Crippen LogP contribution < -0.4 is 6.14 Å². The molecule has 0 radical (unpaired) electrons. The van der Waals surface area contributed by atoms with Gasteiger partial charge < -0.3 is 11.0 Å². The summed E-state index contributed by atoms with van der Waals surface area (Å²) in [6.07, 6.45) is 0. The molecule has 0 bridgehead atoms. The van der Waals surface area contributed by atoms with Gasteiger partial charge in [0.05, 0.1) is 0 Å². The van der Waals surface area contributed by atoms with Crippen LogP contribution in [0.3, 0.4) is 0 Å². The first kappa shape index (κ1) is 18.3. The van der Waals surface area contributed by atoms with E-state index in [1.165, 1.54) is 5.56 Å². The summed E-state index contributed by atoms with van der Waals surface area (Å²) >= 11 is 0.797. The van der Waals surface area contributed by atoms with Gasteiger partial charge in [0.1, 0.15) is 0 Å². The zero-order valence-corrected chi connectivity index (χ0v) is 20.1. The maximum Gasteiger partial charge on any atom is -0.412 e. The number of benzene rings is 1. The van der Waals surface area contributed by atoms with Crippen LogP contribution in [-0.2, 0) is 62.4 Å². The van der Waals surface area contributed by atoms with Gasteiger partial charge in [-0.2, -0.15) is 0 Å². The topological polar surface area (TPSA) is 117 Å². The second-order valence-corrected chi connectivity index (χ2v) is 10.2. The van der Waals surface area contributed by atoms with Crippen LogP contribution in [0, 0.1) is 6.92 Å². The Hall–Kier alpha value is 0.920. The Bertz CT molecular complexity index is 420. The molecule has 0 unspecified atom stereocenters. The molecule has 0 aliphatic carbocycles. The Labute approximate surface area is 121 Å². The van der Waals surface area contributed by atoms with E-state index in [2.05, 4.69) is 0 Å². The van der Waals surface area contributed by atoms with Gasteiger partial charge in [-0.15, -0.1) is 0 Å². The third kappa shape index (κ3) is 4.74. The van der Waals surface area contributed by atoms with Gasteiger partial charge in [0.25, 0.3) is 0 Å². The molecule has 0 aliphatic heterocycles. The van der Waals surface area contributed by atoms with Gasteiger partial charge in [0.15, 0.2) is 0 Å². The van der Waals surface area contributed by atoms with E-state index in [1.54, 1.807) is 12.1 Å². The normalized spacial score (nSPS) is 10.3. The molecule has 0 spiro atoms. The predicted molar refractivity (Wildman–Crippen MR) is 47.5 cm³/mol. The van der Waals surface area contributed by atoms with E-state index in [0.717, 1.165) is 6.14 Å². The zero-order valence-electron chi connectivity index (χ0n) is 8.24. The smallest absolute Gasteiger partial charge is 0.412 e. The van der Waals surface area contributed by atoms with Gasteiger partial charge in [-0.05, 0) is 0 Å². The van der Waals surface area contributed by atoms with Crippen molar-refractivity contribution in [1.82, 2.24) is 0 Å². The fourth-order valence-corrected chi connectivity index (χ4v) is 9.94. The molecule has 0 saturated carbocycles. The fourth-order valence-electron chi connectivity index (χ4n) is 0.957. The summed E-state index contributed by atoms with van der Waals surface area (Å²) in [5.74, 6) is 0. The van der Waals surface area contributed by atoms with Crippen LogP contribution in [0.4, 0.5) is 0 Å². The predicted octanol–water partition coefficient (Wildman–Crippen LogP) is -2.06. The number of hydrogen-bond acceptors (Lipinski definition) is 2. The molecule has 78 valence electrons. The summed E-state index contributed by atoms with van der Waals surface area (Å²) in [5, 5.41) is 0. The summed E-state index contributed by atoms with van der Waals surface area (Å²) in [5.41, 5.74) is 1.22. The minimum atomic E-state index is -4.00. The molecule has 0 aliphatic rings. The van der Waals surface area contributed by atoms with Crippen LogP contribution in [0.25, 0.3) is 0 Å². The minimum absolute atomic E-state index is 0. The molecule has 8 heteroatoms. The molecule has 15 heavy (non-hydrogen) atoms. The third-order valence-electron chi connectivity index (χ3n) is 1.89. The first-order chi connectivity index (χ1) is 5.82. The van der Waals surface area contributed by atoms with Gasteiger partial charge in [0.2, 0.25) is 0 Å². The number of rotatable bonds is 1. The van der Waals surface area contributed by atoms with Crippen molar-refractivity contribution in [3.8, 4) is 0 Å². The Morgan fingerprint density at radius 1 is 1.13 bits per heavy atom. The standard InChI is InChI=1S/C7H6O3S.2Hg.2H2O/c1-6-2-4-7(5-3-6)11(8,9)10;;;;/h4-5H,1H3,(H,8,9,10);;;2*1H2. The SMILES string of the molecule is Cc1[c]([Hg])cc(S(=O)(=O)O)c[c]1[Hg].O.O. The van der Waals surface area contributed by atoms with Crippen molar-refractivity contribution >= 4 is 16.3 Å². The van der Waals surface area contributed by atoms with Crippen LogP contribution in [-0.4, -0.2) is 23.9 Å². The first-order valence-corrected chi connectivity index (χ1v) is 10.5. The van der Waals surface area contributed by atoms with Crippen molar-refractivity contribution in [2.24, 2.45) is 0 Å². The van der Waals surface area contributed by atoms with E-state index in [-0.39, 0.29) is 15.8 Å². The van der Waals surface area contributed by atoms with E-state index in [0.29, 0.717) is 52.2 Å². The maximum absolute atomic E-state index is 10.8. The van der Waals surface area contributed by atoms with Crippen LogP contribution in [0.5, 0.6) is 0 Å². The van der Waals surface area contributed by atoms with Crippen LogP contribution in [0.15, 0.2) is 17.0 Å². The Morgan fingerprint density at radius 3 is 1.73 bits per heavy atom. The summed E-state index contributed by atoms with van der Waals surface area (Å²) in [4.78, 5) is 0.0631. The van der Waals surface area contributed by atoms with Gasteiger partial charge in [-0.1, -0.05) is 0 Å². The van der Waals surface area contributed by atoms with E-state index in [9.17, 15) is 8.42 Å². The second kappa shape index (κ2) is 6.61. The van der Waals surface area contributed by atoms with Crippen molar-refractivity contribution in [3.63, 3.8) is 0 Å². The molecular weight excluding hydrogens is 597 g/mol.